The molecule has 22 heavy (non-hydrogen) atoms. The molecule has 1 aromatic carbocycles. The molecule has 0 N–H and O–H groups in total. The first-order valence-electron chi connectivity index (χ1n) is 7.33. The highest BCUT2D eigenvalue weighted by Crippen LogP contribution is 2.22. The lowest BCUT2D eigenvalue weighted by molar-refractivity contribution is 0.427. The van der Waals surface area contributed by atoms with E-state index in [1.165, 1.54) is 10.9 Å². The Kier molecular flexibility index (Phi) is 3.22. The number of oxazole rings is 1. The summed E-state index contributed by atoms with van der Waals surface area (Å²) in [7, 11) is 0. The van der Waals surface area contributed by atoms with Crippen molar-refractivity contribution in [2.75, 3.05) is 0 Å². The first-order valence-corrected chi connectivity index (χ1v) is 7.71. The highest BCUT2D eigenvalue weighted by Gasteiger charge is 2.17. The van der Waals surface area contributed by atoms with Crippen molar-refractivity contribution < 1.29 is 4.42 Å². The maximum atomic E-state index is 12.6. The van der Waals surface area contributed by atoms with Crippen LogP contribution in [-0.4, -0.2) is 14.5 Å². The van der Waals surface area contributed by atoms with Crippen LogP contribution in [0.25, 0.3) is 10.9 Å². The Bertz CT molecular complexity index is 890. The van der Waals surface area contributed by atoms with E-state index in [4.69, 9.17) is 16.0 Å². The zero-order valence-corrected chi connectivity index (χ0v) is 12.6. The fourth-order valence-electron chi connectivity index (χ4n) is 2.89. The van der Waals surface area contributed by atoms with Gasteiger partial charge in [0.2, 0.25) is 5.89 Å². The Morgan fingerprint density at radius 2 is 2.14 bits per heavy atom. The summed E-state index contributed by atoms with van der Waals surface area (Å²) in [6, 6.07) is 5.25. The van der Waals surface area contributed by atoms with Gasteiger partial charge in [-0.15, -0.1) is 0 Å². The minimum absolute atomic E-state index is 0.174. The molecule has 0 saturated heterocycles. The molecule has 0 aliphatic heterocycles. The van der Waals surface area contributed by atoms with Crippen molar-refractivity contribution in [3.63, 3.8) is 0 Å². The Labute approximate surface area is 131 Å². The van der Waals surface area contributed by atoms with E-state index in [0.717, 1.165) is 37.1 Å². The quantitative estimate of drug-likeness (QED) is 0.729. The molecule has 112 valence electrons. The zero-order chi connectivity index (χ0) is 15.1. The summed E-state index contributed by atoms with van der Waals surface area (Å²) in [6.07, 6.45) is 5.68. The molecule has 1 aliphatic rings. The number of benzene rings is 1. The molecule has 5 nitrogen and oxygen atoms in total. The number of aryl methyl sites for hydroxylation is 2. The molecule has 6 heteroatoms. The molecule has 2 aromatic heterocycles. The molecule has 0 amide bonds. The SMILES string of the molecule is O=c1c2c(Cl)cccc2ncn1Cc1nc2c(o1)CCCC2. The summed E-state index contributed by atoms with van der Waals surface area (Å²) >= 11 is 6.13. The van der Waals surface area contributed by atoms with E-state index in [1.54, 1.807) is 18.2 Å². The third-order valence-corrected chi connectivity index (χ3v) is 4.31. The van der Waals surface area contributed by atoms with Crippen molar-refractivity contribution in [3.05, 3.63) is 57.2 Å². The zero-order valence-electron chi connectivity index (χ0n) is 11.9. The number of hydrogen-bond acceptors (Lipinski definition) is 4. The molecule has 3 aromatic rings. The van der Waals surface area contributed by atoms with Crippen LogP contribution >= 0.6 is 11.6 Å². The first-order chi connectivity index (χ1) is 10.7. The molecule has 0 saturated carbocycles. The van der Waals surface area contributed by atoms with Gasteiger partial charge in [0.05, 0.1) is 27.9 Å². The van der Waals surface area contributed by atoms with E-state index in [1.807, 2.05) is 0 Å². The van der Waals surface area contributed by atoms with E-state index in [0.29, 0.717) is 21.8 Å². The highest BCUT2D eigenvalue weighted by molar-refractivity contribution is 6.35. The maximum absolute atomic E-state index is 12.6. The van der Waals surface area contributed by atoms with E-state index < -0.39 is 0 Å². The highest BCUT2D eigenvalue weighted by atomic mass is 35.5. The third-order valence-electron chi connectivity index (χ3n) is 4.00. The average Bonchev–Trinajstić information content (AvgIpc) is 2.92. The molecule has 0 fully saturated rings. The fraction of sp³-hybridized carbons (Fsp3) is 0.312. The van der Waals surface area contributed by atoms with Crippen LogP contribution < -0.4 is 5.56 Å². The molecule has 0 spiro atoms. The molecule has 0 bridgehead atoms. The van der Waals surface area contributed by atoms with Gasteiger partial charge in [0.1, 0.15) is 12.3 Å². The van der Waals surface area contributed by atoms with Gasteiger partial charge in [-0.2, -0.15) is 0 Å². The smallest absolute Gasteiger partial charge is 0.263 e. The van der Waals surface area contributed by atoms with E-state index in [-0.39, 0.29) is 12.1 Å². The predicted octanol–water partition coefficient (Wildman–Crippen LogP) is 2.97. The monoisotopic (exact) mass is 315 g/mol. The molecule has 4 rings (SSSR count). The molecule has 0 unspecified atom stereocenters. The number of halogens is 1. The minimum atomic E-state index is -0.174. The number of rotatable bonds is 2. The standard InChI is InChI=1S/C16H14ClN3O2/c17-10-4-3-6-12-15(10)16(21)20(9-18-12)8-14-19-11-5-1-2-7-13(11)22-14/h3-4,6,9H,1-2,5,7-8H2. The van der Waals surface area contributed by atoms with Gasteiger partial charge < -0.3 is 4.42 Å². The van der Waals surface area contributed by atoms with Gasteiger partial charge in [-0.3, -0.25) is 9.36 Å². The number of fused-ring (bicyclic) bond motifs is 2. The second-order valence-corrected chi connectivity index (χ2v) is 5.90. The summed E-state index contributed by atoms with van der Waals surface area (Å²) in [5.74, 6) is 1.52. The lowest BCUT2D eigenvalue weighted by Gasteiger charge is -2.05. The molecular weight excluding hydrogens is 302 g/mol. The van der Waals surface area contributed by atoms with Crippen LogP contribution in [0.1, 0.15) is 30.2 Å². The van der Waals surface area contributed by atoms with Crippen LogP contribution in [0.5, 0.6) is 0 Å². The number of aromatic nitrogens is 3. The van der Waals surface area contributed by atoms with Crippen molar-refractivity contribution in [2.45, 2.75) is 32.2 Å². The lowest BCUT2D eigenvalue weighted by Crippen LogP contribution is -2.21. The van der Waals surface area contributed by atoms with E-state index in [9.17, 15) is 4.79 Å². The molecule has 2 heterocycles. The Morgan fingerprint density at radius 3 is 3.00 bits per heavy atom. The van der Waals surface area contributed by atoms with Crippen LogP contribution in [0.2, 0.25) is 5.02 Å². The van der Waals surface area contributed by atoms with Crippen LogP contribution in [-0.2, 0) is 19.4 Å². The maximum Gasteiger partial charge on any atom is 0.263 e. The first kappa shape index (κ1) is 13.5. The molecular formula is C16H14ClN3O2. The summed E-state index contributed by atoms with van der Waals surface area (Å²) in [4.78, 5) is 21.4. The summed E-state index contributed by atoms with van der Waals surface area (Å²) in [6.45, 7) is 0.278. The van der Waals surface area contributed by atoms with Crippen molar-refractivity contribution in [1.82, 2.24) is 14.5 Å². The predicted molar refractivity (Wildman–Crippen MR) is 83.3 cm³/mol. The molecule has 0 atom stereocenters. The Hall–Kier alpha value is -2.14. The Morgan fingerprint density at radius 1 is 1.27 bits per heavy atom. The van der Waals surface area contributed by atoms with Crippen molar-refractivity contribution in [1.29, 1.82) is 0 Å². The van der Waals surface area contributed by atoms with Gasteiger partial charge in [-0.25, -0.2) is 9.97 Å². The number of hydrogen-bond donors (Lipinski definition) is 0. The van der Waals surface area contributed by atoms with E-state index in [2.05, 4.69) is 9.97 Å². The topological polar surface area (TPSA) is 60.9 Å². The second-order valence-electron chi connectivity index (χ2n) is 5.50. The van der Waals surface area contributed by atoms with Crippen molar-refractivity contribution >= 4 is 22.5 Å². The van der Waals surface area contributed by atoms with Gasteiger partial charge in [-0.05, 0) is 31.4 Å². The number of nitrogens with zero attached hydrogens (tertiary/aromatic N) is 3. The van der Waals surface area contributed by atoms with E-state index >= 15 is 0 Å². The largest absolute Gasteiger partial charge is 0.443 e. The van der Waals surface area contributed by atoms with Crippen molar-refractivity contribution in [3.8, 4) is 0 Å². The second kappa shape index (κ2) is 5.25. The molecule has 0 radical (unpaired) electrons. The van der Waals surface area contributed by atoms with Crippen molar-refractivity contribution in [2.24, 2.45) is 0 Å². The summed E-state index contributed by atoms with van der Waals surface area (Å²) in [5, 5.41) is 0.846. The van der Waals surface area contributed by atoms with Gasteiger partial charge in [-0.1, -0.05) is 17.7 Å². The normalized spacial score (nSPS) is 14.2. The third kappa shape index (κ3) is 2.22. The Balaban J connectivity index is 1.75. The van der Waals surface area contributed by atoms with Gasteiger partial charge in [0.25, 0.3) is 5.56 Å². The summed E-state index contributed by atoms with van der Waals surface area (Å²) in [5.41, 5.74) is 1.45. The minimum Gasteiger partial charge on any atom is -0.443 e. The fourth-order valence-corrected chi connectivity index (χ4v) is 3.14. The van der Waals surface area contributed by atoms with Gasteiger partial charge >= 0.3 is 0 Å². The van der Waals surface area contributed by atoms with Gasteiger partial charge in [0.15, 0.2) is 0 Å². The van der Waals surface area contributed by atoms with Crippen LogP contribution in [0.3, 0.4) is 0 Å². The van der Waals surface area contributed by atoms with Crippen LogP contribution in [0, 0.1) is 0 Å². The van der Waals surface area contributed by atoms with Gasteiger partial charge in [0, 0.05) is 6.42 Å². The van der Waals surface area contributed by atoms with Crippen LogP contribution in [0.4, 0.5) is 0 Å². The average molecular weight is 316 g/mol. The van der Waals surface area contributed by atoms with Crippen LogP contribution in [0.15, 0.2) is 33.7 Å². The summed E-state index contributed by atoms with van der Waals surface area (Å²) < 4.78 is 7.27. The lowest BCUT2D eigenvalue weighted by atomic mass is 10.0. The molecule has 1 aliphatic carbocycles.